The van der Waals surface area contributed by atoms with Crippen molar-refractivity contribution in [3.63, 3.8) is 0 Å². The molecule has 0 bridgehead atoms. The van der Waals surface area contributed by atoms with E-state index in [1.54, 1.807) is 60.0 Å². The molecule has 13 nitrogen and oxygen atoms in total. The van der Waals surface area contributed by atoms with Crippen LogP contribution < -0.4 is 26.4 Å². The molecule has 2 amide bonds. The maximum atomic E-state index is 13.6. The summed E-state index contributed by atoms with van der Waals surface area (Å²) in [6.45, 7) is -0.244. The number of anilines is 1. The van der Waals surface area contributed by atoms with E-state index in [0.29, 0.717) is 23.2 Å². The van der Waals surface area contributed by atoms with Crippen molar-refractivity contribution >= 4 is 56.8 Å². The first kappa shape index (κ1) is 30.5. The van der Waals surface area contributed by atoms with Gasteiger partial charge >= 0.3 is 0 Å². The summed E-state index contributed by atoms with van der Waals surface area (Å²) in [6.07, 6.45) is 1.98. The third-order valence-electron chi connectivity index (χ3n) is 6.12. The van der Waals surface area contributed by atoms with Gasteiger partial charge in [0.1, 0.15) is 6.54 Å². The number of thiazole rings is 1. The Labute approximate surface area is 246 Å². The molecule has 1 aliphatic heterocycles. The van der Waals surface area contributed by atoms with Gasteiger partial charge in [0.15, 0.2) is 17.1 Å². The quantitative estimate of drug-likeness (QED) is 0.0940. The number of sulfonamides is 1. The van der Waals surface area contributed by atoms with Gasteiger partial charge in [-0.15, -0.1) is 11.3 Å². The van der Waals surface area contributed by atoms with Gasteiger partial charge in [0.25, 0.3) is 5.91 Å². The Balaban J connectivity index is 1.52. The Kier molecular flexibility index (Phi) is 10.1. The van der Waals surface area contributed by atoms with Crippen molar-refractivity contribution in [2.75, 3.05) is 18.0 Å². The lowest BCUT2D eigenvalue weighted by molar-refractivity contribution is -0.124. The molecule has 2 atom stereocenters. The number of carbonyl (C=O) groups excluding carboxylic acids is 3. The second-order valence-corrected chi connectivity index (χ2v) is 11.9. The summed E-state index contributed by atoms with van der Waals surface area (Å²) >= 11 is 1.14. The topological polar surface area (TPSA) is 202 Å². The van der Waals surface area contributed by atoms with Crippen LogP contribution in [-0.4, -0.2) is 68.5 Å². The van der Waals surface area contributed by atoms with Crippen LogP contribution in [0.1, 0.15) is 33.8 Å². The fraction of sp³-hybridized carbons (Fsp3) is 0.259. The molecule has 0 fully saturated rings. The van der Waals surface area contributed by atoms with E-state index in [-0.39, 0.29) is 35.5 Å². The summed E-state index contributed by atoms with van der Waals surface area (Å²) in [5.74, 6) is -2.22. The summed E-state index contributed by atoms with van der Waals surface area (Å²) < 4.78 is 28.2. The van der Waals surface area contributed by atoms with Gasteiger partial charge < -0.3 is 16.8 Å². The van der Waals surface area contributed by atoms with Crippen molar-refractivity contribution in [3.8, 4) is 0 Å². The van der Waals surface area contributed by atoms with E-state index >= 15 is 0 Å². The van der Waals surface area contributed by atoms with E-state index in [2.05, 4.69) is 25.0 Å². The van der Waals surface area contributed by atoms with Gasteiger partial charge in [-0.1, -0.05) is 48.5 Å². The molecule has 220 valence electrons. The zero-order valence-corrected chi connectivity index (χ0v) is 24.1. The highest BCUT2D eigenvalue weighted by molar-refractivity contribution is 7.88. The minimum Gasteiger partial charge on any atom is -0.370 e. The normalized spacial score (nSPS) is 15.4. The number of nitrogens with zero attached hydrogens (tertiary/aromatic N) is 4. The molecule has 1 unspecified atom stereocenters. The van der Waals surface area contributed by atoms with Crippen LogP contribution in [0.5, 0.6) is 0 Å². The Hall–Kier alpha value is -4.47. The molecule has 1 aromatic heterocycles. The van der Waals surface area contributed by atoms with E-state index in [1.807, 2.05) is 0 Å². The zero-order valence-electron chi connectivity index (χ0n) is 22.4. The molecule has 0 saturated carbocycles. The summed E-state index contributed by atoms with van der Waals surface area (Å²) in [6, 6.07) is 14.3. The average molecular weight is 611 g/mol. The predicted octanol–water partition coefficient (Wildman–Crippen LogP) is 0.776. The molecule has 0 aliphatic carbocycles. The van der Waals surface area contributed by atoms with Gasteiger partial charge in [-0.05, 0) is 24.5 Å². The van der Waals surface area contributed by atoms with Gasteiger partial charge in [0.05, 0.1) is 17.5 Å². The third kappa shape index (κ3) is 8.28. The first-order chi connectivity index (χ1) is 20.1. The molecule has 1 aliphatic rings. The fourth-order valence-corrected chi connectivity index (χ4v) is 6.07. The highest BCUT2D eigenvalue weighted by atomic mass is 32.2. The molecule has 0 radical (unpaired) electrons. The van der Waals surface area contributed by atoms with E-state index in [1.165, 1.54) is 12.4 Å². The number of aliphatic imine (C=N–C) groups is 2. The van der Waals surface area contributed by atoms with E-state index < -0.39 is 40.6 Å². The predicted molar refractivity (Wildman–Crippen MR) is 161 cm³/mol. The van der Waals surface area contributed by atoms with Crippen LogP contribution in [0.3, 0.4) is 0 Å². The first-order valence-electron chi connectivity index (χ1n) is 12.9. The second-order valence-electron chi connectivity index (χ2n) is 9.30. The van der Waals surface area contributed by atoms with Gasteiger partial charge in [-0.2, -0.15) is 4.72 Å². The van der Waals surface area contributed by atoms with Crippen LogP contribution in [0.15, 0.2) is 76.2 Å². The van der Waals surface area contributed by atoms with Crippen LogP contribution in [0, 0.1) is 0 Å². The number of amides is 2. The minimum absolute atomic E-state index is 0.0867. The van der Waals surface area contributed by atoms with E-state index in [0.717, 1.165) is 16.2 Å². The van der Waals surface area contributed by atoms with Crippen molar-refractivity contribution in [2.24, 2.45) is 21.5 Å². The van der Waals surface area contributed by atoms with E-state index in [9.17, 15) is 22.8 Å². The lowest BCUT2D eigenvalue weighted by Crippen LogP contribution is -2.52. The lowest BCUT2D eigenvalue weighted by atomic mass is 10.1. The minimum atomic E-state index is -3.99. The highest BCUT2D eigenvalue weighted by Gasteiger charge is 2.34. The van der Waals surface area contributed by atoms with Crippen molar-refractivity contribution in [2.45, 2.75) is 30.8 Å². The van der Waals surface area contributed by atoms with Gasteiger partial charge in [0, 0.05) is 29.9 Å². The van der Waals surface area contributed by atoms with Crippen LogP contribution in [0.4, 0.5) is 5.69 Å². The number of benzene rings is 2. The van der Waals surface area contributed by atoms with Crippen molar-refractivity contribution in [3.05, 3.63) is 82.3 Å². The van der Waals surface area contributed by atoms with Crippen molar-refractivity contribution in [1.82, 2.24) is 15.0 Å². The maximum Gasteiger partial charge on any atom is 0.268 e. The average Bonchev–Trinajstić information content (AvgIpc) is 3.47. The molecule has 6 N–H and O–H groups in total. The molecule has 0 spiro atoms. The molecule has 2 aromatic carbocycles. The number of nitrogens with two attached hydrogens (primary N) is 2. The number of carbonyl (C=O) groups is 3. The highest BCUT2D eigenvalue weighted by Crippen LogP contribution is 2.23. The number of aromatic nitrogens is 1. The number of para-hydroxylation sites is 1. The molecule has 15 heteroatoms. The molecule has 0 saturated heterocycles. The number of guanidine groups is 1. The second kappa shape index (κ2) is 13.9. The number of rotatable bonds is 13. The van der Waals surface area contributed by atoms with Crippen LogP contribution >= 0.6 is 11.3 Å². The number of hydrogen-bond acceptors (Lipinski definition) is 9. The number of ketones is 1. The lowest BCUT2D eigenvalue weighted by Gasteiger charge is -2.26. The Bertz CT molecular complexity index is 1570. The molecular formula is C27H30N8O5S2. The third-order valence-corrected chi connectivity index (χ3v) is 8.21. The Morgan fingerprint density at radius 2 is 1.83 bits per heavy atom. The molecule has 2 heterocycles. The fourth-order valence-electron chi connectivity index (χ4n) is 4.23. The van der Waals surface area contributed by atoms with Gasteiger partial charge in [-0.3, -0.25) is 29.3 Å². The molecule has 42 heavy (non-hydrogen) atoms. The summed E-state index contributed by atoms with van der Waals surface area (Å²) in [5.41, 5.74) is 12.2. The molecule has 3 aromatic rings. The summed E-state index contributed by atoms with van der Waals surface area (Å²) in [7, 11) is -3.99. The van der Waals surface area contributed by atoms with Crippen LogP contribution in [0.25, 0.3) is 0 Å². The maximum absolute atomic E-state index is 13.6. The standard InChI is InChI=1S/C27H30N8O5S2/c28-27(29)31-12-6-10-20(23(37)25-30-13-14-41-25)33-22(36)16-35-21-11-5-4-9-19(21)15-32-24(26(35)38)34-42(39,40)17-18-7-2-1-3-8-18/h1-5,7-9,11,13-15,20,24,34H,6,10,12,16-17H2,(H,33,36)(H4,28,29,31)/t20-,24?/m0/s1. The SMILES string of the molecule is NC(N)=NCCC[C@H](NC(=O)CN1C(=O)C(NS(=O)(=O)Cc2ccccc2)N=Cc2ccccc21)C(=O)c1nccs1. The number of Topliss-reactive ketones (excluding diaryl/α,β-unsaturated/α-hetero) is 1. The number of hydrogen-bond donors (Lipinski definition) is 4. The van der Waals surface area contributed by atoms with Crippen molar-refractivity contribution < 1.29 is 22.8 Å². The number of benzodiazepines with no additional fused rings is 1. The Morgan fingerprint density at radius 1 is 1.10 bits per heavy atom. The smallest absolute Gasteiger partial charge is 0.268 e. The monoisotopic (exact) mass is 610 g/mol. The van der Waals surface area contributed by atoms with Crippen LogP contribution in [-0.2, 0) is 25.4 Å². The zero-order chi connectivity index (χ0) is 30.1. The van der Waals surface area contributed by atoms with E-state index in [4.69, 9.17) is 11.5 Å². The largest absolute Gasteiger partial charge is 0.370 e. The van der Waals surface area contributed by atoms with Crippen molar-refractivity contribution in [1.29, 1.82) is 0 Å². The summed E-state index contributed by atoms with van der Waals surface area (Å²) in [5, 5.41) is 4.57. The Morgan fingerprint density at radius 3 is 2.55 bits per heavy atom. The first-order valence-corrected chi connectivity index (χ1v) is 15.4. The number of nitrogens with one attached hydrogen (secondary N) is 2. The summed E-state index contributed by atoms with van der Waals surface area (Å²) in [4.78, 5) is 53.4. The molecule has 4 rings (SSSR count). The molecular weight excluding hydrogens is 580 g/mol. The number of fused-ring (bicyclic) bond motifs is 1. The van der Waals surface area contributed by atoms with Gasteiger partial charge in [0.2, 0.25) is 21.7 Å². The van der Waals surface area contributed by atoms with Crippen LogP contribution in [0.2, 0.25) is 0 Å². The van der Waals surface area contributed by atoms with Gasteiger partial charge in [-0.25, -0.2) is 13.4 Å².